The molecule has 0 aromatic carbocycles. The van der Waals surface area contributed by atoms with E-state index in [1.165, 1.54) is 25.6 Å². The topological polar surface area (TPSA) is 109 Å². The highest BCUT2D eigenvalue weighted by atomic mass is 16.5. The minimum Gasteiger partial charge on any atom is -0.506 e. The van der Waals surface area contributed by atoms with Crippen LogP contribution in [-0.4, -0.2) is 46.8 Å². The molecule has 0 spiro atoms. The summed E-state index contributed by atoms with van der Waals surface area (Å²) in [6.45, 7) is 0.0668. The number of hydrogen-bond acceptors (Lipinski definition) is 5. The van der Waals surface area contributed by atoms with Gasteiger partial charge in [-0.1, -0.05) is 0 Å². The second-order valence-electron chi connectivity index (χ2n) is 3.60. The summed E-state index contributed by atoms with van der Waals surface area (Å²) in [6.07, 6.45) is 1.71. The quantitative estimate of drug-likeness (QED) is 0.659. The first-order valence-corrected chi connectivity index (χ1v) is 5.19. The lowest BCUT2D eigenvalue weighted by Gasteiger charge is -2.13. The number of carbonyl (C=O) groups excluding carboxylic acids is 1. The fraction of sp³-hybridized carbons (Fsp3) is 0.364. The summed E-state index contributed by atoms with van der Waals surface area (Å²) in [7, 11) is 1.37. The third-order valence-corrected chi connectivity index (χ3v) is 2.21. The monoisotopic (exact) mass is 254 g/mol. The van der Waals surface area contributed by atoms with E-state index in [9.17, 15) is 9.59 Å². The van der Waals surface area contributed by atoms with Crippen molar-refractivity contribution in [1.29, 1.82) is 0 Å². The van der Waals surface area contributed by atoms with Crippen LogP contribution < -0.4 is 5.32 Å². The molecule has 0 bridgehead atoms. The van der Waals surface area contributed by atoms with Gasteiger partial charge in [-0.25, -0.2) is 0 Å². The molecule has 0 aliphatic heterocycles. The lowest BCUT2D eigenvalue weighted by Crippen LogP contribution is -2.34. The van der Waals surface area contributed by atoms with Crippen molar-refractivity contribution in [2.75, 3.05) is 13.7 Å². The number of amides is 1. The summed E-state index contributed by atoms with van der Waals surface area (Å²) < 4.78 is 4.91. The molecule has 1 heterocycles. The third kappa shape index (κ3) is 4.38. The number of aliphatic carboxylic acids is 1. The van der Waals surface area contributed by atoms with Gasteiger partial charge in [0.2, 0.25) is 0 Å². The first-order chi connectivity index (χ1) is 8.52. The maximum Gasteiger partial charge on any atom is 0.306 e. The van der Waals surface area contributed by atoms with Crippen LogP contribution in [0.4, 0.5) is 0 Å². The number of aromatic nitrogens is 1. The van der Waals surface area contributed by atoms with E-state index >= 15 is 0 Å². The molecule has 1 rings (SSSR count). The summed E-state index contributed by atoms with van der Waals surface area (Å²) in [5, 5.41) is 20.3. The van der Waals surface area contributed by atoms with Gasteiger partial charge in [0.05, 0.1) is 24.3 Å². The first kappa shape index (κ1) is 13.9. The largest absolute Gasteiger partial charge is 0.506 e. The molecule has 18 heavy (non-hydrogen) atoms. The second kappa shape index (κ2) is 6.55. The van der Waals surface area contributed by atoms with Gasteiger partial charge in [0.25, 0.3) is 5.91 Å². The van der Waals surface area contributed by atoms with Gasteiger partial charge in [-0.2, -0.15) is 0 Å². The van der Waals surface area contributed by atoms with E-state index in [1.807, 2.05) is 0 Å². The number of carbonyl (C=O) groups is 2. The average molecular weight is 254 g/mol. The molecular formula is C11H14N2O5. The van der Waals surface area contributed by atoms with E-state index in [-0.39, 0.29) is 24.3 Å². The standard InChI is InChI=1S/C11H14N2O5/c1-18-9(3-10(15)16)6-13-11(17)7-2-8(14)5-12-4-7/h2,4-5,9,14H,3,6H2,1H3,(H,13,17)(H,15,16). The molecule has 3 N–H and O–H groups in total. The minimum atomic E-state index is -1.00. The van der Waals surface area contributed by atoms with Crippen LogP contribution in [0.2, 0.25) is 0 Å². The van der Waals surface area contributed by atoms with Crippen molar-refractivity contribution < 1.29 is 24.5 Å². The second-order valence-corrected chi connectivity index (χ2v) is 3.60. The number of aromatic hydroxyl groups is 1. The molecule has 0 aliphatic rings. The van der Waals surface area contributed by atoms with Gasteiger partial charge in [0, 0.05) is 19.9 Å². The zero-order valence-corrected chi connectivity index (χ0v) is 9.79. The Kier molecular flexibility index (Phi) is 5.06. The van der Waals surface area contributed by atoms with Crippen LogP contribution >= 0.6 is 0 Å². The van der Waals surface area contributed by atoms with E-state index < -0.39 is 18.0 Å². The van der Waals surface area contributed by atoms with E-state index in [0.717, 1.165) is 0 Å². The van der Waals surface area contributed by atoms with Crippen molar-refractivity contribution in [1.82, 2.24) is 10.3 Å². The maximum absolute atomic E-state index is 11.6. The van der Waals surface area contributed by atoms with Crippen LogP contribution in [0.5, 0.6) is 5.75 Å². The van der Waals surface area contributed by atoms with Gasteiger partial charge in [0.1, 0.15) is 5.75 Å². The number of nitrogens with one attached hydrogen (secondary N) is 1. The highest BCUT2D eigenvalue weighted by Gasteiger charge is 2.14. The van der Waals surface area contributed by atoms with Crippen LogP contribution in [0.15, 0.2) is 18.5 Å². The van der Waals surface area contributed by atoms with Crippen molar-refractivity contribution in [3.05, 3.63) is 24.0 Å². The van der Waals surface area contributed by atoms with Crippen LogP contribution in [0, 0.1) is 0 Å². The number of pyridine rings is 1. The Balaban J connectivity index is 2.52. The lowest BCUT2D eigenvalue weighted by molar-refractivity contribution is -0.139. The zero-order chi connectivity index (χ0) is 13.5. The highest BCUT2D eigenvalue weighted by Crippen LogP contribution is 2.08. The van der Waals surface area contributed by atoms with Gasteiger partial charge >= 0.3 is 5.97 Å². The van der Waals surface area contributed by atoms with Gasteiger partial charge < -0.3 is 20.3 Å². The van der Waals surface area contributed by atoms with Crippen LogP contribution in [0.25, 0.3) is 0 Å². The summed E-state index contributed by atoms with van der Waals surface area (Å²) in [5.74, 6) is -1.57. The third-order valence-electron chi connectivity index (χ3n) is 2.21. The molecule has 0 aliphatic carbocycles. The molecule has 1 atom stereocenters. The summed E-state index contributed by atoms with van der Waals surface area (Å²) in [4.78, 5) is 25.8. The summed E-state index contributed by atoms with van der Waals surface area (Å²) in [6, 6.07) is 1.27. The number of rotatable bonds is 6. The molecule has 1 unspecified atom stereocenters. The van der Waals surface area contributed by atoms with E-state index in [0.29, 0.717) is 0 Å². The molecule has 0 saturated heterocycles. The molecule has 0 fully saturated rings. The molecule has 0 saturated carbocycles. The number of methoxy groups -OCH3 is 1. The fourth-order valence-electron chi connectivity index (χ4n) is 1.29. The van der Waals surface area contributed by atoms with E-state index in [1.54, 1.807) is 0 Å². The zero-order valence-electron chi connectivity index (χ0n) is 9.79. The molecule has 7 nitrogen and oxygen atoms in total. The van der Waals surface area contributed by atoms with Crippen molar-refractivity contribution in [3.63, 3.8) is 0 Å². The Labute approximate surface area is 103 Å². The minimum absolute atomic E-state index is 0.0668. The smallest absolute Gasteiger partial charge is 0.306 e. The molecule has 0 radical (unpaired) electrons. The van der Waals surface area contributed by atoms with Gasteiger partial charge in [-0.05, 0) is 6.07 Å². The molecule has 98 valence electrons. The van der Waals surface area contributed by atoms with Crippen molar-refractivity contribution in [3.8, 4) is 5.75 Å². The molecule has 7 heteroatoms. The number of carboxylic acids is 1. The normalized spacial score (nSPS) is 11.8. The maximum atomic E-state index is 11.6. The number of nitrogens with zero attached hydrogens (tertiary/aromatic N) is 1. The Morgan fingerprint density at radius 1 is 1.50 bits per heavy atom. The van der Waals surface area contributed by atoms with E-state index in [2.05, 4.69) is 10.3 Å². The number of hydrogen-bond donors (Lipinski definition) is 3. The molecular weight excluding hydrogens is 240 g/mol. The Morgan fingerprint density at radius 3 is 2.78 bits per heavy atom. The molecule has 1 aromatic heterocycles. The van der Waals surface area contributed by atoms with Crippen LogP contribution in [0.3, 0.4) is 0 Å². The molecule has 1 amide bonds. The average Bonchev–Trinajstić information content (AvgIpc) is 2.33. The molecule has 1 aromatic rings. The van der Waals surface area contributed by atoms with E-state index in [4.69, 9.17) is 14.9 Å². The van der Waals surface area contributed by atoms with Crippen molar-refractivity contribution in [2.45, 2.75) is 12.5 Å². The predicted molar refractivity (Wildman–Crippen MR) is 61.3 cm³/mol. The van der Waals surface area contributed by atoms with Crippen LogP contribution in [0.1, 0.15) is 16.8 Å². The van der Waals surface area contributed by atoms with Crippen molar-refractivity contribution >= 4 is 11.9 Å². The van der Waals surface area contributed by atoms with Crippen molar-refractivity contribution in [2.24, 2.45) is 0 Å². The number of carboxylic acid groups (broad SMARTS) is 1. The fourth-order valence-corrected chi connectivity index (χ4v) is 1.29. The van der Waals surface area contributed by atoms with Crippen LogP contribution in [-0.2, 0) is 9.53 Å². The summed E-state index contributed by atoms with van der Waals surface area (Å²) in [5.41, 5.74) is 0.195. The SMILES string of the molecule is COC(CNC(=O)c1cncc(O)c1)CC(=O)O. The Hall–Kier alpha value is -2.15. The predicted octanol–water partition coefficient (Wildman–Crippen LogP) is 0.00670. The van der Waals surface area contributed by atoms with Gasteiger partial charge in [0.15, 0.2) is 0 Å². The highest BCUT2D eigenvalue weighted by molar-refractivity contribution is 5.94. The Morgan fingerprint density at radius 2 is 2.22 bits per heavy atom. The van der Waals surface area contributed by atoms with Gasteiger partial charge in [-0.15, -0.1) is 0 Å². The summed E-state index contributed by atoms with van der Waals surface area (Å²) >= 11 is 0. The first-order valence-electron chi connectivity index (χ1n) is 5.19. The Bertz CT molecular complexity index is 435. The van der Waals surface area contributed by atoms with Gasteiger partial charge in [-0.3, -0.25) is 14.6 Å². The lowest BCUT2D eigenvalue weighted by atomic mass is 10.2. The number of ether oxygens (including phenoxy) is 1.